The zero-order valence-corrected chi connectivity index (χ0v) is 13.5. The smallest absolute Gasteiger partial charge is 0.217 e. The van der Waals surface area contributed by atoms with E-state index < -0.39 is 16.1 Å². The third-order valence-corrected chi connectivity index (χ3v) is 6.25. The van der Waals surface area contributed by atoms with E-state index in [1.54, 1.807) is 14.1 Å². The average Bonchev–Trinajstić information content (AvgIpc) is 2.48. The second-order valence-electron chi connectivity index (χ2n) is 5.78. The Hall–Kier alpha value is -0.950. The van der Waals surface area contributed by atoms with Gasteiger partial charge in [-0.1, -0.05) is 30.3 Å². The molecule has 1 heterocycles. The van der Waals surface area contributed by atoms with E-state index in [4.69, 9.17) is 0 Å². The molecule has 5 nitrogen and oxygen atoms in total. The number of β-amino-alcohol motifs (C(OH)–C–C–N with tert-alkyl or cyclic N) is 1. The molecule has 1 aromatic rings. The number of nitrogens with zero attached hydrogens (tertiary/aromatic N) is 2. The molecular weight excluding hydrogens is 288 g/mol. The summed E-state index contributed by atoms with van der Waals surface area (Å²) in [5, 5.41) is 9.90. The molecule has 1 N–H and O–H groups in total. The van der Waals surface area contributed by atoms with Crippen LogP contribution in [0.5, 0.6) is 0 Å². The first-order valence-corrected chi connectivity index (χ1v) is 8.78. The van der Waals surface area contributed by atoms with Gasteiger partial charge in [0.1, 0.15) is 0 Å². The average molecular weight is 312 g/mol. The molecule has 0 spiro atoms. The molecule has 0 amide bonds. The summed E-state index contributed by atoms with van der Waals surface area (Å²) >= 11 is 0. The fraction of sp³-hybridized carbons (Fsp3) is 0.600. The van der Waals surface area contributed by atoms with Crippen LogP contribution in [0, 0.1) is 0 Å². The number of benzene rings is 1. The fourth-order valence-electron chi connectivity index (χ4n) is 2.75. The zero-order valence-electron chi connectivity index (χ0n) is 12.6. The number of hydrogen-bond donors (Lipinski definition) is 1. The van der Waals surface area contributed by atoms with Crippen LogP contribution in [0.3, 0.4) is 0 Å². The first-order chi connectivity index (χ1) is 9.91. The predicted molar refractivity (Wildman–Crippen MR) is 83.5 cm³/mol. The molecule has 21 heavy (non-hydrogen) atoms. The summed E-state index contributed by atoms with van der Waals surface area (Å²) < 4.78 is 25.7. The van der Waals surface area contributed by atoms with Crippen molar-refractivity contribution in [3.05, 3.63) is 35.9 Å². The lowest BCUT2D eigenvalue weighted by Crippen LogP contribution is -2.47. The lowest BCUT2D eigenvalue weighted by molar-refractivity contribution is 0.102. The van der Waals surface area contributed by atoms with E-state index in [2.05, 4.69) is 0 Å². The van der Waals surface area contributed by atoms with Crippen LogP contribution in [0.2, 0.25) is 0 Å². The van der Waals surface area contributed by atoms with Gasteiger partial charge in [0.25, 0.3) is 0 Å². The molecule has 2 atom stereocenters. The highest BCUT2D eigenvalue weighted by molar-refractivity contribution is 7.89. The quantitative estimate of drug-likeness (QED) is 0.884. The molecule has 1 saturated heterocycles. The van der Waals surface area contributed by atoms with Crippen LogP contribution in [0.25, 0.3) is 0 Å². The molecule has 0 aliphatic carbocycles. The van der Waals surface area contributed by atoms with E-state index in [1.165, 1.54) is 4.31 Å². The summed E-state index contributed by atoms with van der Waals surface area (Å²) in [7, 11) is -0.0703. The maximum atomic E-state index is 12.2. The van der Waals surface area contributed by atoms with Crippen molar-refractivity contribution in [3.8, 4) is 0 Å². The second kappa shape index (κ2) is 6.87. The normalized spacial score (nSPS) is 22.4. The highest BCUT2D eigenvalue weighted by atomic mass is 32.2. The van der Waals surface area contributed by atoms with Gasteiger partial charge in [0.15, 0.2) is 0 Å². The minimum Gasteiger partial charge on any atom is -0.387 e. The number of sulfonamides is 1. The molecule has 118 valence electrons. The Labute approximate surface area is 127 Å². The molecule has 6 heteroatoms. The SMILES string of the molecule is CN(C)S(=O)(=O)C1CCCN(C[C@H](O)c2ccccc2)C1. The van der Waals surface area contributed by atoms with E-state index in [0.29, 0.717) is 19.5 Å². The van der Waals surface area contributed by atoms with Gasteiger partial charge in [-0.2, -0.15) is 0 Å². The number of hydrogen-bond acceptors (Lipinski definition) is 4. The topological polar surface area (TPSA) is 60.9 Å². The molecule has 0 saturated carbocycles. The first-order valence-electron chi connectivity index (χ1n) is 7.28. The van der Waals surface area contributed by atoms with E-state index >= 15 is 0 Å². The Morgan fingerprint density at radius 1 is 1.33 bits per heavy atom. The van der Waals surface area contributed by atoms with Crippen LogP contribution in [-0.2, 0) is 10.0 Å². The Bertz CT molecular complexity index is 545. The maximum absolute atomic E-state index is 12.2. The first kappa shape index (κ1) is 16.4. The van der Waals surface area contributed by atoms with Gasteiger partial charge in [-0.05, 0) is 24.9 Å². The number of aliphatic hydroxyl groups is 1. The molecule has 0 radical (unpaired) electrons. The second-order valence-corrected chi connectivity index (χ2v) is 8.20. The van der Waals surface area contributed by atoms with Crippen molar-refractivity contribution in [2.75, 3.05) is 33.7 Å². The fourth-order valence-corrected chi connectivity index (χ4v) is 4.21. The summed E-state index contributed by atoms with van der Waals surface area (Å²) in [6.45, 7) is 1.80. The number of rotatable bonds is 5. The number of piperidine rings is 1. The highest BCUT2D eigenvalue weighted by Crippen LogP contribution is 2.21. The predicted octanol–water partition coefficient (Wildman–Crippen LogP) is 1.08. The van der Waals surface area contributed by atoms with Gasteiger partial charge >= 0.3 is 0 Å². The number of aliphatic hydroxyl groups excluding tert-OH is 1. The Kier molecular flexibility index (Phi) is 5.37. The largest absolute Gasteiger partial charge is 0.387 e. The number of likely N-dealkylation sites (tertiary alicyclic amines) is 1. The molecule has 0 bridgehead atoms. The molecule has 0 aromatic heterocycles. The third kappa shape index (κ3) is 4.03. The summed E-state index contributed by atoms with van der Waals surface area (Å²) in [5.41, 5.74) is 0.870. The van der Waals surface area contributed by atoms with Gasteiger partial charge in [0.2, 0.25) is 10.0 Å². The van der Waals surface area contributed by atoms with Crippen LogP contribution >= 0.6 is 0 Å². The standard InChI is InChI=1S/C15H24N2O3S/c1-16(2)21(19,20)14-9-6-10-17(11-14)12-15(18)13-7-4-3-5-8-13/h3-5,7-8,14-15,18H,6,9-12H2,1-2H3/t14?,15-/m0/s1. The third-order valence-electron chi connectivity index (χ3n) is 4.01. The Morgan fingerprint density at radius 2 is 2.00 bits per heavy atom. The monoisotopic (exact) mass is 312 g/mol. The van der Waals surface area contributed by atoms with Crippen LogP contribution in [-0.4, -0.2) is 61.7 Å². The van der Waals surface area contributed by atoms with Gasteiger partial charge < -0.3 is 5.11 Å². The molecule has 1 aliphatic rings. The molecule has 1 fully saturated rings. The van der Waals surface area contributed by atoms with Gasteiger partial charge in [-0.15, -0.1) is 0 Å². The van der Waals surface area contributed by atoms with E-state index in [-0.39, 0.29) is 5.25 Å². The van der Waals surface area contributed by atoms with E-state index in [9.17, 15) is 13.5 Å². The summed E-state index contributed by atoms with van der Waals surface area (Å²) in [4.78, 5) is 2.05. The summed E-state index contributed by atoms with van der Waals surface area (Å²) in [5.74, 6) is 0. The Balaban J connectivity index is 1.99. The highest BCUT2D eigenvalue weighted by Gasteiger charge is 2.32. The summed E-state index contributed by atoms with van der Waals surface area (Å²) in [6, 6.07) is 9.49. The van der Waals surface area contributed by atoms with Crippen molar-refractivity contribution in [3.63, 3.8) is 0 Å². The van der Waals surface area contributed by atoms with Crippen molar-refractivity contribution < 1.29 is 13.5 Å². The lowest BCUT2D eigenvalue weighted by Gasteiger charge is -2.34. The van der Waals surface area contributed by atoms with Crippen molar-refractivity contribution in [1.82, 2.24) is 9.21 Å². The zero-order chi connectivity index (χ0) is 15.5. The van der Waals surface area contributed by atoms with Crippen molar-refractivity contribution in [2.45, 2.75) is 24.2 Å². The molecule has 1 aromatic carbocycles. The van der Waals surface area contributed by atoms with Crippen LogP contribution in [0.4, 0.5) is 0 Å². The molecule has 1 unspecified atom stereocenters. The van der Waals surface area contributed by atoms with Crippen LogP contribution < -0.4 is 0 Å². The van der Waals surface area contributed by atoms with Gasteiger partial charge in [-0.3, -0.25) is 4.90 Å². The molecule has 2 rings (SSSR count). The van der Waals surface area contributed by atoms with Crippen LogP contribution in [0.15, 0.2) is 30.3 Å². The molecule has 1 aliphatic heterocycles. The molecular formula is C15H24N2O3S. The van der Waals surface area contributed by atoms with Crippen molar-refractivity contribution >= 4 is 10.0 Å². The van der Waals surface area contributed by atoms with E-state index in [0.717, 1.165) is 18.5 Å². The van der Waals surface area contributed by atoms with Crippen LogP contribution in [0.1, 0.15) is 24.5 Å². The minimum atomic E-state index is -3.22. The Morgan fingerprint density at radius 3 is 2.62 bits per heavy atom. The summed E-state index contributed by atoms with van der Waals surface area (Å²) in [6.07, 6.45) is 0.963. The lowest BCUT2D eigenvalue weighted by atomic mass is 10.1. The van der Waals surface area contributed by atoms with Crippen molar-refractivity contribution in [1.29, 1.82) is 0 Å². The minimum absolute atomic E-state index is 0.371. The van der Waals surface area contributed by atoms with Gasteiger partial charge in [0.05, 0.1) is 11.4 Å². The maximum Gasteiger partial charge on any atom is 0.217 e. The van der Waals surface area contributed by atoms with E-state index in [1.807, 2.05) is 35.2 Å². The van der Waals surface area contributed by atoms with Gasteiger partial charge in [-0.25, -0.2) is 12.7 Å². The van der Waals surface area contributed by atoms with Gasteiger partial charge in [0, 0.05) is 27.2 Å². The van der Waals surface area contributed by atoms with Crippen molar-refractivity contribution in [2.24, 2.45) is 0 Å².